The van der Waals surface area contributed by atoms with Crippen LogP contribution in [0.3, 0.4) is 0 Å². The van der Waals surface area contributed by atoms with Gasteiger partial charge in [0, 0.05) is 0 Å². The van der Waals surface area contributed by atoms with Crippen LogP contribution in [0.5, 0.6) is 5.75 Å². The maximum absolute atomic E-state index is 12.3. The Balaban J connectivity index is 0.000000552. The van der Waals surface area contributed by atoms with Crippen LogP contribution in [-0.2, 0) is 4.79 Å². The van der Waals surface area contributed by atoms with Crippen molar-refractivity contribution in [3.05, 3.63) is 30.3 Å². The molecule has 2 aliphatic rings. The molecule has 3 nitrogen and oxygen atoms in total. The van der Waals surface area contributed by atoms with E-state index in [-0.39, 0.29) is 11.9 Å². The van der Waals surface area contributed by atoms with Crippen LogP contribution in [0, 0.1) is 23.7 Å². The monoisotopic (exact) mass is 366 g/mol. The third-order valence-corrected chi connectivity index (χ3v) is 5.79. The minimum absolute atomic E-state index is 0.0260. The Hall–Kier alpha value is -1.78. The van der Waals surface area contributed by atoms with E-state index in [0.717, 1.165) is 30.6 Å². The predicted molar refractivity (Wildman–Crippen MR) is 96.3 cm³/mol. The van der Waals surface area contributed by atoms with Gasteiger partial charge in [0.1, 0.15) is 5.75 Å². The molecule has 26 heavy (non-hydrogen) atoms. The van der Waals surface area contributed by atoms with Crippen LogP contribution >= 0.6 is 0 Å². The van der Waals surface area contributed by atoms with Gasteiger partial charge in [0.15, 0.2) is 0 Å². The molecular weight excluding hydrogens is 338 g/mol. The summed E-state index contributed by atoms with van der Waals surface area (Å²) >= 11 is 0. The van der Waals surface area contributed by atoms with Crippen LogP contribution in [0.25, 0.3) is 0 Å². The lowest BCUT2D eigenvalue weighted by Crippen LogP contribution is -2.29. The average molecular weight is 366 g/mol. The van der Waals surface area contributed by atoms with Gasteiger partial charge in [-0.25, -0.2) is 4.79 Å². The topological polar surface area (TPSA) is 43.4 Å². The second-order valence-electron chi connectivity index (χ2n) is 7.59. The fourth-order valence-corrected chi connectivity index (χ4v) is 4.27. The zero-order valence-corrected chi connectivity index (χ0v) is 15.3. The Bertz CT molecular complexity index is 556. The summed E-state index contributed by atoms with van der Waals surface area (Å²) in [7, 11) is 0. The van der Waals surface area contributed by atoms with Crippen molar-refractivity contribution in [3.63, 3.8) is 0 Å². The van der Waals surface area contributed by atoms with Gasteiger partial charge in [0.25, 0.3) is 0 Å². The van der Waals surface area contributed by atoms with Gasteiger partial charge in [0.2, 0.25) is 0 Å². The van der Waals surface area contributed by atoms with Crippen LogP contribution in [0.2, 0.25) is 0 Å². The highest BCUT2D eigenvalue weighted by Gasteiger charge is 2.32. The van der Waals surface area contributed by atoms with E-state index in [1.165, 1.54) is 38.5 Å². The van der Waals surface area contributed by atoms with E-state index in [1.54, 1.807) is 0 Å². The van der Waals surface area contributed by atoms with Crippen molar-refractivity contribution < 1.29 is 23.1 Å². The molecule has 1 aromatic carbocycles. The van der Waals surface area contributed by atoms with E-state index in [4.69, 9.17) is 9.53 Å². The minimum atomic E-state index is -2.83. The zero-order valence-electron chi connectivity index (χ0n) is 15.3. The zero-order chi connectivity index (χ0) is 18.9. The van der Waals surface area contributed by atoms with Gasteiger partial charge in [-0.15, -0.1) is 8.78 Å². The number of benzene rings is 1. The van der Waals surface area contributed by atoms with E-state index in [0.29, 0.717) is 5.75 Å². The fourth-order valence-electron chi connectivity index (χ4n) is 4.27. The number of carbonyl (C=O) groups is 2. The van der Waals surface area contributed by atoms with Crippen molar-refractivity contribution in [3.8, 4) is 5.75 Å². The molecule has 0 bridgehead atoms. The molecule has 0 unspecified atom stereocenters. The Kier molecular flexibility index (Phi) is 8.20. The molecule has 0 atom stereocenters. The second-order valence-corrected chi connectivity index (χ2v) is 7.59. The molecular formula is C21H28F2O3. The SMILES string of the molecule is CC1CCC(C2CCC(C(=O)Oc3ccccc3)CC2)CC1.O=C(F)F. The van der Waals surface area contributed by atoms with Crippen molar-refractivity contribution in [1.29, 1.82) is 0 Å². The summed E-state index contributed by atoms with van der Waals surface area (Å²) in [6, 6.07) is 9.46. The van der Waals surface area contributed by atoms with Crippen molar-refractivity contribution in [2.45, 2.75) is 58.3 Å². The normalized spacial score (nSPS) is 28.4. The van der Waals surface area contributed by atoms with Crippen molar-refractivity contribution >= 4 is 12.3 Å². The molecule has 0 spiro atoms. The van der Waals surface area contributed by atoms with Crippen LogP contribution in [0.15, 0.2) is 30.3 Å². The number of ether oxygens (including phenoxy) is 1. The first-order chi connectivity index (χ1) is 12.5. The number of para-hydroxylation sites is 1. The molecule has 5 heteroatoms. The summed E-state index contributed by atoms with van der Waals surface area (Å²) in [6.45, 7) is 2.38. The number of rotatable bonds is 3. The number of halogens is 2. The lowest BCUT2D eigenvalue weighted by atomic mass is 9.69. The van der Waals surface area contributed by atoms with E-state index in [1.807, 2.05) is 30.3 Å². The molecule has 2 saturated carbocycles. The van der Waals surface area contributed by atoms with Gasteiger partial charge < -0.3 is 4.74 Å². The fraction of sp³-hybridized carbons (Fsp3) is 0.619. The third kappa shape index (κ3) is 6.85. The van der Waals surface area contributed by atoms with Gasteiger partial charge in [-0.05, 0) is 68.4 Å². The van der Waals surface area contributed by atoms with Crippen LogP contribution in [0.1, 0.15) is 58.3 Å². The Morgan fingerprint density at radius 1 is 0.846 bits per heavy atom. The maximum Gasteiger partial charge on any atom is 0.483 e. The summed E-state index contributed by atoms with van der Waals surface area (Å²) in [5.41, 5.74) is 0. The predicted octanol–water partition coefficient (Wildman–Crippen LogP) is 6.27. The molecule has 0 aliphatic heterocycles. The van der Waals surface area contributed by atoms with Gasteiger partial charge in [-0.3, -0.25) is 4.79 Å². The van der Waals surface area contributed by atoms with E-state index >= 15 is 0 Å². The average Bonchev–Trinajstić information content (AvgIpc) is 2.63. The van der Waals surface area contributed by atoms with Crippen molar-refractivity contribution in [2.75, 3.05) is 0 Å². The molecule has 0 radical (unpaired) electrons. The highest BCUT2D eigenvalue weighted by molar-refractivity contribution is 5.75. The van der Waals surface area contributed by atoms with Gasteiger partial charge in [-0.2, -0.15) is 0 Å². The van der Waals surface area contributed by atoms with Gasteiger partial charge >= 0.3 is 12.3 Å². The standard InChI is InChI=1S/C20H28O2.CF2O/c1-15-7-9-16(10-8-15)17-11-13-18(14-12-17)20(21)22-19-5-3-2-4-6-19;2-1(3)4/h2-6,15-18H,7-14H2,1H3;. The smallest absolute Gasteiger partial charge is 0.426 e. The molecule has 0 amide bonds. The molecule has 1 aromatic rings. The lowest BCUT2D eigenvalue weighted by molar-refractivity contribution is -0.140. The largest absolute Gasteiger partial charge is 0.483 e. The third-order valence-electron chi connectivity index (χ3n) is 5.79. The molecule has 0 saturated heterocycles. The molecule has 2 aliphatic carbocycles. The molecule has 0 N–H and O–H groups in total. The molecule has 0 heterocycles. The van der Waals surface area contributed by atoms with Gasteiger partial charge in [0.05, 0.1) is 5.92 Å². The van der Waals surface area contributed by atoms with Crippen LogP contribution in [-0.4, -0.2) is 12.3 Å². The summed E-state index contributed by atoms with van der Waals surface area (Å²) < 4.78 is 24.9. The molecule has 0 aromatic heterocycles. The maximum atomic E-state index is 12.3. The minimum Gasteiger partial charge on any atom is -0.426 e. The summed E-state index contributed by atoms with van der Waals surface area (Å²) in [4.78, 5) is 20.4. The summed E-state index contributed by atoms with van der Waals surface area (Å²) in [5, 5.41) is 0. The van der Waals surface area contributed by atoms with E-state index < -0.39 is 6.29 Å². The lowest BCUT2D eigenvalue weighted by Gasteiger charge is -2.36. The molecule has 2 fully saturated rings. The van der Waals surface area contributed by atoms with Crippen LogP contribution < -0.4 is 4.74 Å². The first-order valence-corrected chi connectivity index (χ1v) is 9.57. The number of hydrogen-bond acceptors (Lipinski definition) is 3. The number of esters is 1. The summed E-state index contributed by atoms with van der Waals surface area (Å²) in [5.74, 6) is 3.46. The molecule has 144 valence electrons. The van der Waals surface area contributed by atoms with Crippen LogP contribution in [0.4, 0.5) is 13.6 Å². The van der Waals surface area contributed by atoms with Crippen molar-refractivity contribution in [2.24, 2.45) is 23.7 Å². The number of hydrogen-bond donors (Lipinski definition) is 0. The highest BCUT2D eigenvalue weighted by Crippen LogP contribution is 2.41. The Labute approximate surface area is 154 Å². The number of carbonyl (C=O) groups excluding carboxylic acids is 2. The first kappa shape index (κ1) is 20.5. The second kappa shape index (κ2) is 10.4. The Morgan fingerprint density at radius 3 is 1.81 bits per heavy atom. The Morgan fingerprint density at radius 2 is 1.31 bits per heavy atom. The first-order valence-electron chi connectivity index (χ1n) is 9.57. The summed E-state index contributed by atoms with van der Waals surface area (Å²) in [6.07, 6.45) is 7.25. The molecule has 3 rings (SSSR count). The quantitative estimate of drug-likeness (QED) is 0.360. The van der Waals surface area contributed by atoms with Crippen molar-refractivity contribution in [1.82, 2.24) is 0 Å². The van der Waals surface area contributed by atoms with E-state index in [2.05, 4.69) is 6.92 Å². The highest BCUT2D eigenvalue weighted by atomic mass is 19.3. The van der Waals surface area contributed by atoms with Gasteiger partial charge in [-0.1, -0.05) is 38.0 Å². The van der Waals surface area contributed by atoms with E-state index in [9.17, 15) is 13.6 Å².